The van der Waals surface area contributed by atoms with E-state index in [2.05, 4.69) is 75.5 Å². The molecule has 2 aromatic carbocycles. The van der Waals surface area contributed by atoms with Gasteiger partial charge in [-0.15, -0.1) is 0 Å². The number of rotatable bonds is 4. The summed E-state index contributed by atoms with van der Waals surface area (Å²) in [4.78, 5) is 14.6. The first kappa shape index (κ1) is 19.7. The molecule has 0 amide bonds. The zero-order valence-electron chi connectivity index (χ0n) is 18.6. The van der Waals surface area contributed by atoms with Crippen LogP contribution in [0.5, 0.6) is 0 Å². The number of nitrogens with zero attached hydrogens (tertiary/aromatic N) is 4. The maximum atomic E-state index is 5.12. The van der Waals surface area contributed by atoms with Crippen LogP contribution >= 0.6 is 0 Å². The van der Waals surface area contributed by atoms with Gasteiger partial charge in [-0.25, -0.2) is 4.98 Å². The lowest BCUT2D eigenvalue weighted by atomic mass is 9.94. The molecule has 6 rings (SSSR count). The second kappa shape index (κ2) is 8.17. The molecule has 0 spiro atoms. The van der Waals surface area contributed by atoms with Crippen LogP contribution in [0.25, 0.3) is 28.1 Å². The van der Waals surface area contributed by atoms with Crippen LogP contribution in [0.3, 0.4) is 0 Å². The minimum Gasteiger partial charge on any atom is -0.352 e. The van der Waals surface area contributed by atoms with Crippen LogP contribution in [-0.2, 0) is 0 Å². The number of anilines is 2. The molecule has 5 nitrogen and oxygen atoms in total. The summed E-state index contributed by atoms with van der Waals surface area (Å²) >= 11 is 0. The lowest BCUT2D eigenvalue weighted by Crippen LogP contribution is -2.22. The van der Waals surface area contributed by atoms with Gasteiger partial charge >= 0.3 is 0 Å². The van der Waals surface area contributed by atoms with Crippen molar-refractivity contribution >= 4 is 22.4 Å². The van der Waals surface area contributed by atoms with Crippen LogP contribution in [0.1, 0.15) is 25.0 Å². The monoisotopic (exact) mass is 431 g/mol. The van der Waals surface area contributed by atoms with Gasteiger partial charge in [0, 0.05) is 11.4 Å². The summed E-state index contributed by atoms with van der Waals surface area (Å²) in [6.07, 6.45) is 5.42. The largest absolute Gasteiger partial charge is 0.352 e. The van der Waals surface area contributed by atoms with E-state index in [1.807, 2.05) is 31.3 Å². The molecule has 33 heavy (non-hydrogen) atoms. The van der Waals surface area contributed by atoms with Crippen molar-refractivity contribution in [2.24, 2.45) is 4.99 Å². The third kappa shape index (κ3) is 3.76. The van der Waals surface area contributed by atoms with E-state index < -0.39 is 0 Å². The molecule has 0 radical (unpaired) electrons. The molecule has 0 unspecified atom stereocenters. The molecule has 0 atom stereocenters. The first-order valence-corrected chi connectivity index (χ1v) is 11.5. The molecule has 1 N–H and O–H groups in total. The Morgan fingerprint density at radius 2 is 1.76 bits per heavy atom. The number of fused-ring (bicyclic) bond motifs is 2. The van der Waals surface area contributed by atoms with E-state index in [0.717, 1.165) is 63.4 Å². The Balaban J connectivity index is 1.62. The standard InChI is InChI=1S/C28H25N5/c1-19-14-15-21(18-29-19)31-24-16-26-28(17-25(24)30-20-8-7-9-20)33(22-10-3-2-4-11-22)27-13-6-5-12-23(27)32-26/h2-6,10-18,20,31H,7-9H2,1H3. The Hall–Kier alpha value is -3.99. The molecule has 0 bridgehead atoms. The molecule has 162 valence electrons. The number of aryl methyl sites for hydroxylation is 1. The van der Waals surface area contributed by atoms with E-state index >= 15 is 0 Å². The lowest BCUT2D eigenvalue weighted by Gasteiger charge is -2.23. The molecule has 1 aromatic heterocycles. The highest BCUT2D eigenvalue weighted by Crippen LogP contribution is 2.31. The van der Waals surface area contributed by atoms with Crippen LogP contribution in [0.2, 0.25) is 0 Å². The molecular weight excluding hydrogens is 406 g/mol. The van der Waals surface area contributed by atoms with Crippen LogP contribution < -0.4 is 10.7 Å². The maximum absolute atomic E-state index is 5.12. The van der Waals surface area contributed by atoms with E-state index in [1.165, 1.54) is 6.42 Å². The Morgan fingerprint density at radius 3 is 2.52 bits per heavy atom. The fourth-order valence-corrected chi connectivity index (χ4v) is 4.31. The Labute approximate surface area is 192 Å². The fraction of sp³-hybridized carbons (Fsp3) is 0.179. The van der Waals surface area contributed by atoms with Gasteiger partial charge in [-0.05, 0) is 74.7 Å². The number of pyridine rings is 1. The number of hydrogen-bond acceptors (Lipinski definition) is 4. The highest BCUT2D eigenvalue weighted by atomic mass is 15.0. The average molecular weight is 432 g/mol. The third-order valence-electron chi connectivity index (χ3n) is 6.30. The predicted octanol–water partition coefficient (Wildman–Crippen LogP) is 6.03. The van der Waals surface area contributed by atoms with Crippen molar-refractivity contribution in [1.82, 2.24) is 14.5 Å². The molecule has 2 heterocycles. The topological polar surface area (TPSA) is 55.1 Å². The van der Waals surface area contributed by atoms with E-state index in [1.54, 1.807) is 0 Å². The summed E-state index contributed by atoms with van der Waals surface area (Å²) in [5.74, 6) is 0. The van der Waals surface area contributed by atoms with Crippen molar-refractivity contribution in [2.75, 3.05) is 5.32 Å². The van der Waals surface area contributed by atoms with E-state index in [-0.39, 0.29) is 0 Å². The first-order valence-electron chi connectivity index (χ1n) is 11.5. The van der Waals surface area contributed by atoms with Crippen LogP contribution in [-0.4, -0.2) is 20.6 Å². The van der Waals surface area contributed by atoms with Gasteiger partial charge in [0.25, 0.3) is 0 Å². The van der Waals surface area contributed by atoms with Crippen LogP contribution in [0, 0.1) is 6.92 Å². The Kier molecular flexibility index (Phi) is 4.87. The van der Waals surface area contributed by atoms with Gasteiger partial charge in [0.1, 0.15) is 0 Å². The smallest absolute Gasteiger partial charge is 0.0900 e. The molecule has 2 aliphatic carbocycles. The molecule has 1 aliphatic heterocycles. The normalized spacial score (nSPS) is 14.5. The van der Waals surface area contributed by atoms with Gasteiger partial charge in [0.2, 0.25) is 0 Å². The zero-order valence-corrected chi connectivity index (χ0v) is 18.6. The second-order valence-electron chi connectivity index (χ2n) is 8.66. The quantitative estimate of drug-likeness (QED) is 0.354. The van der Waals surface area contributed by atoms with Gasteiger partial charge in [-0.2, -0.15) is 0 Å². The number of aromatic nitrogens is 3. The van der Waals surface area contributed by atoms with Crippen molar-refractivity contribution in [2.45, 2.75) is 32.2 Å². The Morgan fingerprint density at radius 1 is 0.939 bits per heavy atom. The highest BCUT2D eigenvalue weighted by molar-refractivity contribution is 5.84. The molecule has 3 aromatic rings. The SMILES string of the molecule is Cc1ccc(Nc2cc3nc4ccccc4n(-c4ccccc4)c-3cc2=NC2CCC2)cn1. The summed E-state index contributed by atoms with van der Waals surface area (Å²) in [5.41, 5.74) is 8.02. The molecule has 3 aliphatic rings. The molecule has 5 heteroatoms. The second-order valence-corrected chi connectivity index (χ2v) is 8.66. The van der Waals surface area contributed by atoms with Gasteiger partial charge in [0.15, 0.2) is 0 Å². The van der Waals surface area contributed by atoms with Crippen molar-refractivity contribution in [1.29, 1.82) is 0 Å². The number of para-hydroxylation sites is 3. The predicted molar refractivity (Wildman–Crippen MR) is 133 cm³/mol. The number of hydrogen-bond donors (Lipinski definition) is 1. The number of benzene rings is 3. The van der Waals surface area contributed by atoms with E-state index in [0.29, 0.717) is 6.04 Å². The number of nitrogens with one attached hydrogen (secondary N) is 1. The van der Waals surface area contributed by atoms with Crippen molar-refractivity contribution < 1.29 is 0 Å². The highest BCUT2D eigenvalue weighted by Gasteiger charge is 2.19. The van der Waals surface area contributed by atoms with Gasteiger partial charge in [0.05, 0.1) is 51.4 Å². The Bertz CT molecular complexity index is 1460. The van der Waals surface area contributed by atoms with Crippen molar-refractivity contribution in [3.63, 3.8) is 0 Å². The summed E-state index contributed by atoms with van der Waals surface area (Å²) < 4.78 is 2.29. The average Bonchev–Trinajstić information content (AvgIpc) is 2.82. The maximum Gasteiger partial charge on any atom is 0.0900 e. The summed E-state index contributed by atoms with van der Waals surface area (Å²) in [5, 5.41) is 4.51. The summed E-state index contributed by atoms with van der Waals surface area (Å²) in [6.45, 7) is 1.99. The van der Waals surface area contributed by atoms with Crippen LogP contribution in [0.4, 0.5) is 11.4 Å². The molecule has 1 saturated carbocycles. The fourth-order valence-electron chi connectivity index (χ4n) is 4.31. The van der Waals surface area contributed by atoms with Crippen LogP contribution in [0.15, 0.2) is 90.1 Å². The van der Waals surface area contributed by atoms with E-state index in [4.69, 9.17) is 9.98 Å². The van der Waals surface area contributed by atoms with Gasteiger partial charge in [-0.1, -0.05) is 30.3 Å². The minimum absolute atomic E-state index is 0.387. The van der Waals surface area contributed by atoms with Crippen molar-refractivity contribution in [3.05, 3.63) is 96.1 Å². The van der Waals surface area contributed by atoms with Gasteiger partial charge in [-0.3, -0.25) is 9.98 Å². The molecular formula is C28H25N5. The van der Waals surface area contributed by atoms with Gasteiger partial charge < -0.3 is 9.88 Å². The molecule has 1 fully saturated rings. The minimum atomic E-state index is 0.387. The first-order chi connectivity index (χ1) is 16.2. The zero-order chi connectivity index (χ0) is 22.2. The van der Waals surface area contributed by atoms with Crippen molar-refractivity contribution in [3.8, 4) is 17.1 Å². The lowest BCUT2D eigenvalue weighted by molar-refractivity contribution is 0.413. The summed E-state index contributed by atoms with van der Waals surface area (Å²) in [6, 6.07) is 27.5. The molecule has 0 saturated heterocycles. The van der Waals surface area contributed by atoms with E-state index in [9.17, 15) is 0 Å². The third-order valence-corrected chi connectivity index (χ3v) is 6.30. The summed E-state index contributed by atoms with van der Waals surface area (Å²) in [7, 11) is 0.